The van der Waals surface area contributed by atoms with E-state index in [9.17, 15) is 4.79 Å². The lowest BCUT2D eigenvalue weighted by Gasteiger charge is -2.38. The number of alkyl halides is 1. The van der Waals surface area contributed by atoms with Gasteiger partial charge in [-0.2, -0.15) is 0 Å². The van der Waals surface area contributed by atoms with Gasteiger partial charge < -0.3 is 9.16 Å². The Hall–Kier alpha value is -0.403. The van der Waals surface area contributed by atoms with E-state index in [1.807, 2.05) is 30.3 Å². The molecular weight excluding hydrogens is 407 g/mol. The number of hydrogen-bond donors (Lipinski definition) is 0. The van der Waals surface area contributed by atoms with Crippen LogP contribution < -0.4 is 0 Å². The molecule has 0 radical (unpaired) electrons. The third-order valence-corrected chi connectivity index (χ3v) is 9.59. The summed E-state index contributed by atoms with van der Waals surface area (Å²) in [5.74, 6) is -0.191. The summed E-state index contributed by atoms with van der Waals surface area (Å²) in [7, 11) is -1.86. The van der Waals surface area contributed by atoms with Gasteiger partial charge in [-0.25, -0.2) is 0 Å². The molecule has 1 aromatic carbocycles. The molecule has 0 saturated heterocycles. The summed E-state index contributed by atoms with van der Waals surface area (Å²) in [6, 6.07) is 9.74. The van der Waals surface area contributed by atoms with E-state index in [1.165, 1.54) is 0 Å². The van der Waals surface area contributed by atoms with Crippen LogP contribution in [0.1, 0.15) is 32.8 Å². The molecule has 0 spiro atoms. The average molecular weight is 434 g/mol. The molecule has 0 saturated carbocycles. The number of hydrogen-bond acceptors (Lipinski definition) is 3. The van der Waals surface area contributed by atoms with Gasteiger partial charge in [0.2, 0.25) is 0 Å². The lowest BCUT2D eigenvalue weighted by Crippen LogP contribution is -2.45. The number of halogens is 1. The molecule has 124 valence electrons. The van der Waals surface area contributed by atoms with Crippen molar-refractivity contribution in [1.82, 2.24) is 0 Å². The molecule has 0 aliphatic carbocycles. The number of carbonyl (C=O) groups excluding carboxylic acids is 1. The molecule has 5 heteroatoms. The Kier molecular flexibility index (Phi) is 7.54. The summed E-state index contributed by atoms with van der Waals surface area (Å²) in [6.45, 7) is 11.4. The monoisotopic (exact) mass is 434 g/mol. The Morgan fingerprint density at radius 3 is 2.32 bits per heavy atom. The van der Waals surface area contributed by atoms with Gasteiger partial charge in [0.15, 0.2) is 8.32 Å². The first-order chi connectivity index (χ1) is 10.2. The number of carbonyl (C=O) groups is 1. The summed E-state index contributed by atoms with van der Waals surface area (Å²) >= 11 is 2.28. The van der Waals surface area contributed by atoms with E-state index >= 15 is 0 Å². The first kappa shape index (κ1) is 19.6. The highest BCUT2D eigenvalue weighted by Crippen LogP contribution is 2.37. The molecule has 1 atom stereocenters. The molecule has 0 aliphatic rings. The van der Waals surface area contributed by atoms with Crippen LogP contribution in [0.4, 0.5) is 0 Å². The zero-order valence-electron chi connectivity index (χ0n) is 14.2. The maximum atomic E-state index is 12.0. The van der Waals surface area contributed by atoms with Crippen molar-refractivity contribution >= 4 is 36.9 Å². The molecule has 3 nitrogen and oxygen atoms in total. The second-order valence-corrected chi connectivity index (χ2v) is 12.6. The number of benzene rings is 1. The highest BCUT2D eigenvalue weighted by Gasteiger charge is 2.39. The fourth-order valence-corrected chi connectivity index (χ4v) is 3.89. The molecule has 0 heterocycles. The number of ether oxygens (including phenoxy) is 1. The second kappa shape index (κ2) is 8.45. The van der Waals surface area contributed by atoms with E-state index in [0.29, 0.717) is 13.0 Å². The van der Waals surface area contributed by atoms with Crippen molar-refractivity contribution in [2.75, 3.05) is 4.43 Å². The van der Waals surface area contributed by atoms with Crippen molar-refractivity contribution in [3.8, 4) is 0 Å². The first-order valence-electron chi connectivity index (χ1n) is 7.59. The predicted octanol–water partition coefficient (Wildman–Crippen LogP) is 4.95. The molecule has 0 aliphatic heterocycles. The number of esters is 1. The topological polar surface area (TPSA) is 35.5 Å². The SMILES string of the molecule is CC(C)(C)[Si](C)(C)OC(CI)CC(=O)OCc1ccccc1. The Labute approximate surface area is 149 Å². The summed E-state index contributed by atoms with van der Waals surface area (Å²) in [5, 5.41) is 0.144. The van der Waals surface area contributed by atoms with Gasteiger partial charge in [0.05, 0.1) is 12.5 Å². The standard InChI is InChI=1S/C17H27IO3Si/c1-17(2,3)22(4,5)21-15(12-18)11-16(19)20-13-14-9-7-6-8-10-14/h6-10,15H,11-13H2,1-5H3. The minimum absolute atomic E-state index is 0.0650. The highest BCUT2D eigenvalue weighted by molar-refractivity contribution is 14.1. The molecule has 0 aromatic heterocycles. The van der Waals surface area contributed by atoms with E-state index in [2.05, 4.69) is 56.5 Å². The molecule has 0 bridgehead atoms. The van der Waals surface area contributed by atoms with Gasteiger partial charge in [-0.1, -0.05) is 73.7 Å². The minimum Gasteiger partial charge on any atom is -0.461 e. The largest absolute Gasteiger partial charge is 0.461 e. The van der Waals surface area contributed by atoms with Crippen LogP contribution in [0.15, 0.2) is 30.3 Å². The van der Waals surface area contributed by atoms with E-state index in [-0.39, 0.29) is 17.1 Å². The molecule has 1 unspecified atom stereocenters. The summed E-state index contributed by atoms with van der Waals surface area (Å²) in [5.41, 5.74) is 1.01. The fraction of sp³-hybridized carbons (Fsp3) is 0.588. The van der Waals surface area contributed by atoms with E-state index in [4.69, 9.17) is 9.16 Å². The quantitative estimate of drug-likeness (QED) is 0.264. The van der Waals surface area contributed by atoms with Crippen molar-refractivity contribution in [2.24, 2.45) is 0 Å². The second-order valence-electron chi connectivity index (χ2n) is 7.00. The van der Waals surface area contributed by atoms with Crippen LogP contribution in [-0.2, 0) is 20.6 Å². The molecular formula is C17H27IO3Si. The molecule has 0 fully saturated rings. The summed E-state index contributed by atoms with van der Waals surface area (Å²) < 4.78 is 12.5. The van der Waals surface area contributed by atoms with Crippen LogP contribution >= 0.6 is 22.6 Å². The van der Waals surface area contributed by atoms with Crippen molar-refractivity contribution in [3.05, 3.63) is 35.9 Å². The van der Waals surface area contributed by atoms with Crippen molar-refractivity contribution < 1.29 is 14.0 Å². The van der Waals surface area contributed by atoms with Crippen LogP contribution in [0, 0.1) is 0 Å². The van der Waals surface area contributed by atoms with Crippen molar-refractivity contribution in [3.63, 3.8) is 0 Å². The van der Waals surface area contributed by atoms with Gasteiger partial charge in [0, 0.05) is 4.43 Å². The normalized spacial score (nSPS) is 13.7. The fourth-order valence-electron chi connectivity index (χ4n) is 1.70. The van der Waals surface area contributed by atoms with Gasteiger partial charge in [-0.3, -0.25) is 4.79 Å². The van der Waals surface area contributed by atoms with Crippen LogP contribution in [0.2, 0.25) is 18.1 Å². The van der Waals surface area contributed by atoms with Crippen LogP contribution in [-0.4, -0.2) is 24.8 Å². The Morgan fingerprint density at radius 2 is 1.82 bits per heavy atom. The molecule has 1 rings (SSSR count). The zero-order valence-corrected chi connectivity index (χ0v) is 17.3. The maximum Gasteiger partial charge on any atom is 0.308 e. The van der Waals surface area contributed by atoms with Gasteiger partial charge >= 0.3 is 5.97 Å². The Morgan fingerprint density at radius 1 is 1.23 bits per heavy atom. The number of rotatable bonds is 7. The lowest BCUT2D eigenvalue weighted by molar-refractivity contribution is -0.146. The van der Waals surface area contributed by atoms with Gasteiger partial charge in [0.25, 0.3) is 0 Å². The smallest absolute Gasteiger partial charge is 0.308 e. The van der Waals surface area contributed by atoms with Gasteiger partial charge in [-0.05, 0) is 23.7 Å². The van der Waals surface area contributed by atoms with Crippen LogP contribution in [0.3, 0.4) is 0 Å². The van der Waals surface area contributed by atoms with Crippen LogP contribution in [0.25, 0.3) is 0 Å². The van der Waals surface area contributed by atoms with E-state index in [0.717, 1.165) is 9.99 Å². The summed E-state index contributed by atoms with van der Waals surface area (Å²) in [6.07, 6.45) is 0.257. The molecule has 1 aromatic rings. The lowest BCUT2D eigenvalue weighted by atomic mass is 10.2. The predicted molar refractivity (Wildman–Crippen MR) is 102 cm³/mol. The minimum atomic E-state index is -1.86. The van der Waals surface area contributed by atoms with E-state index < -0.39 is 8.32 Å². The zero-order chi connectivity index (χ0) is 16.8. The third-order valence-electron chi connectivity index (χ3n) is 4.08. The molecule has 0 N–H and O–H groups in total. The maximum absolute atomic E-state index is 12.0. The van der Waals surface area contributed by atoms with Crippen molar-refractivity contribution in [2.45, 2.75) is 58.0 Å². The van der Waals surface area contributed by atoms with E-state index in [1.54, 1.807) is 0 Å². The highest BCUT2D eigenvalue weighted by atomic mass is 127. The molecule has 0 amide bonds. The first-order valence-corrected chi connectivity index (χ1v) is 12.0. The average Bonchev–Trinajstić information content (AvgIpc) is 2.44. The van der Waals surface area contributed by atoms with Crippen LogP contribution in [0.5, 0.6) is 0 Å². The van der Waals surface area contributed by atoms with Crippen molar-refractivity contribution in [1.29, 1.82) is 0 Å². The summed E-state index contributed by atoms with van der Waals surface area (Å²) in [4.78, 5) is 12.0. The third kappa shape index (κ3) is 6.38. The Bertz CT molecular complexity index is 469. The van der Waals surface area contributed by atoms with Gasteiger partial charge in [0.1, 0.15) is 6.61 Å². The molecule has 22 heavy (non-hydrogen) atoms. The Balaban J connectivity index is 2.50. The van der Waals surface area contributed by atoms with Gasteiger partial charge in [-0.15, -0.1) is 0 Å².